The van der Waals surface area contributed by atoms with Gasteiger partial charge in [-0.1, -0.05) is 25.0 Å². The Kier molecular flexibility index (Phi) is 7.85. The van der Waals surface area contributed by atoms with Crippen molar-refractivity contribution in [3.63, 3.8) is 0 Å². The number of rotatable bonds is 9. The number of nitrogens with zero attached hydrogens (tertiary/aromatic N) is 1. The molecule has 5 nitrogen and oxygen atoms in total. The highest BCUT2D eigenvalue weighted by atomic mass is 16.5. The van der Waals surface area contributed by atoms with E-state index in [0.29, 0.717) is 17.9 Å². The Balaban J connectivity index is 2.18. The molecule has 2 N–H and O–H groups in total. The fraction of sp³-hybridized carbons (Fsp3) is 0.467. The van der Waals surface area contributed by atoms with Crippen molar-refractivity contribution in [2.45, 2.75) is 25.7 Å². The maximum Gasteiger partial charge on any atom is 0.257 e. The van der Waals surface area contributed by atoms with Crippen molar-refractivity contribution in [2.24, 2.45) is 0 Å². The Hall–Kier alpha value is -2.06. The van der Waals surface area contributed by atoms with Gasteiger partial charge in [-0.05, 0) is 25.0 Å². The van der Waals surface area contributed by atoms with Crippen LogP contribution in [0.15, 0.2) is 24.3 Å². The van der Waals surface area contributed by atoms with Gasteiger partial charge in [0.15, 0.2) is 6.61 Å². The molecule has 108 valence electrons. The minimum absolute atomic E-state index is 0.0880. The van der Waals surface area contributed by atoms with Gasteiger partial charge in [0.25, 0.3) is 5.91 Å². The fourth-order valence-corrected chi connectivity index (χ4v) is 1.70. The van der Waals surface area contributed by atoms with Crippen molar-refractivity contribution in [3.8, 4) is 11.8 Å². The van der Waals surface area contributed by atoms with E-state index in [9.17, 15) is 4.79 Å². The molecule has 0 atom stereocenters. The third kappa shape index (κ3) is 6.21. The van der Waals surface area contributed by atoms with Crippen LogP contribution in [0.5, 0.6) is 5.75 Å². The summed E-state index contributed by atoms with van der Waals surface area (Å²) in [6, 6.07) is 8.84. The monoisotopic (exact) mass is 276 g/mol. The Bertz CT molecular complexity index is 455. The smallest absolute Gasteiger partial charge is 0.257 e. The second-order valence-corrected chi connectivity index (χ2v) is 4.38. The molecule has 0 aromatic heterocycles. The minimum Gasteiger partial charge on any atom is -0.482 e. The van der Waals surface area contributed by atoms with E-state index in [2.05, 4.69) is 5.32 Å². The lowest BCUT2D eigenvalue weighted by Gasteiger charge is -2.08. The summed E-state index contributed by atoms with van der Waals surface area (Å²) in [6.45, 7) is 0.737. The molecule has 5 heteroatoms. The number of carbonyl (C=O) groups is 1. The summed E-state index contributed by atoms with van der Waals surface area (Å²) in [5.74, 6) is 0.230. The van der Waals surface area contributed by atoms with Crippen LogP contribution in [0.2, 0.25) is 0 Å². The average Bonchev–Trinajstić information content (AvgIpc) is 2.49. The molecule has 0 unspecified atom stereocenters. The van der Waals surface area contributed by atoms with E-state index in [1.807, 2.05) is 6.07 Å². The van der Waals surface area contributed by atoms with Gasteiger partial charge in [-0.2, -0.15) is 5.26 Å². The van der Waals surface area contributed by atoms with E-state index in [1.165, 1.54) is 0 Å². The molecule has 0 spiro atoms. The predicted octanol–water partition coefficient (Wildman–Crippen LogP) is 1.61. The van der Waals surface area contributed by atoms with Gasteiger partial charge in [0, 0.05) is 13.2 Å². The minimum atomic E-state index is -0.195. The summed E-state index contributed by atoms with van der Waals surface area (Å²) in [7, 11) is 0. The zero-order chi connectivity index (χ0) is 14.6. The van der Waals surface area contributed by atoms with Gasteiger partial charge in [0.2, 0.25) is 0 Å². The first-order valence-corrected chi connectivity index (χ1v) is 6.77. The second-order valence-electron chi connectivity index (χ2n) is 4.38. The molecule has 0 saturated carbocycles. The van der Waals surface area contributed by atoms with Gasteiger partial charge in [0.1, 0.15) is 11.8 Å². The van der Waals surface area contributed by atoms with Crippen molar-refractivity contribution >= 4 is 5.91 Å². The van der Waals surface area contributed by atoms with E-state index in [-0.39, 0.29) is 19.1 Å². The molecular weight excluding hydrogens is 256 g/mol. The lowest BCUT2D eigenvalue weighted by Crippen LogP contribution is -2.29. The van der Waals surface area contributed by atoms with Crippen molar-refractivity contribution in [2.75, 3.05) is 19.8 Å². The second kappa shape index (κ2) is 9.82. The van der Waals surface area contributed by atoms with Crippen LogP contribution in [0.1, 0.15) is 31.2 Å². The Morgan fingerprint density at radius 2 is 2.00 bits per heavy atom. The van der Waals surface area contributed by atoms with E-state index in [1.54, 1.807) is 24.3 Å². The third-order valence-electron chi connectivity index (χ3n) is 2.77. The van der Waals surface area contributed by atoms with Crippen LogP contribution in [0.4, 0.5) is 0 Å². The summed E-state index contributed by atoms with van der Waals surface area (Å²) in [4.78, 5) is 11.5. The van der Waals surface area contributed by atoms with Gasteiger partial charge < -0.3 is 15.2 Å². The van der Waals surface area contributed by atoms with E-state index < -0.39 is 0 Å². The fourth-order valence-electron chi connectivity index (χ4n) is 1.70. The van der Waals surface area contributed by atoms with Gasteiger partial charge >= 0.3 is 0 Å². The van der Waals surface area contributed by atoms with Gasteiger partial charge in [-0.3, -0.25) is 4.79 Å². The molecule has 1 aromatic carbocycles. The number of carbonyl (C=O) groups excluding carboxylic acids is 1. The number of unbranched alkanes of at least 4 members (excludes halogenated alkanes) is 3. The van der Waals surface area contributed by atoms with Gasteiger partial charge in [-0.25, -0.2) is 0 Å². The van der Waals surface area contributed by atoms with E-state index in [4.69, 9.17) is 15.1 Å². The number of nitriles is 1. The molecule has 0 radical (unpaired) electrons. The average molecular weight is 276 g/mol. The molecule has 0 aliphatic heterocycles. The molecule has 0 aliphatic carbocycles. The molecule has 1 rings (SSSR count). The summed E-state index contributed by atoms with van der Waals surface area (Å²) >= 11 is 0. The van der Waals surface area contributed by atoms with Gasteiger partial charge in [-0.15, -0.1) is 0 Å². The first-order valence-electron chi connectivity index (χ1n) is 6.77. The molecule has 0 heterocycles. The van der Waals surface area contributed by atoms with Crippen LogP contribution in [0.3, 0.4) is 0 Å². The standard InChI is InChI=1S/C15H20N2O3/c16-11-13-7-3-4-8-14(13)20-12-15(19)17-9-5-1-2-6-10-18/h3-4,7-8,18H,1-2,5-6,9-10,12H2,(H,17,19). The zero-order valence-electron chi connectivity index (χ0n) is 11.5. The molecule has 1 amide bonds. The van der Waals surface area contributed by atoms with Crippen molar-refractivity contribution in [1.82, 2.24) is 5.32 Å². The maximum atomic E-state index is 11.5. The largest absolute Gasteiger partial charge is 0.482 e. The highest BCUT2D eigenvalue weighted by Crippen LogP contribution is 2.16. The molecule has 0 saturated heterocycles. The zero-order valence-corrected chi connectivity index (χ0v) is 11.5. The number of nitrogens with one attached hydrogen (secondary N) is 1. The van der Waals surface area contributed by atoms with Gasteiger partial charge in [0.05, 0.1) is 5.56 Å². The highest BCUT2D eigenvalue weighted by Gasteiger charge is 2.05. The van der Waals surface area contributed by atoms with Crippen molar-refractivity contribution in [3.05, 3.63) is 29.8 Å². The van der Waals surface area contributed by atoms with E-state index >= 15 is 0 Å². The number of hydrogen-bond acceptors (Lipinski definition) is 4. The van der Waals surface area contributed by atoms with Crippen LogP contribution in [-0.4, -0.2) is 30.8 Å². The Labute approximate surface area is 119 Å². The lowest BCUT2D eigenvalue weighted by atomic mass is 10.2. The predicted molar refractivity (Wildman–Crippen MR) is 75.2 cm³/mol. The molecular formula is C15H20N2O3. The summed E-state index contributed by atoms with van der Waals surface area (Å²) in [5.41, 5.74) is 0.421. The number of amides is 1. The molecule has 0 bridgehead atoms. The van der Waals surface area contributed by atoms with E-state index in [0.717, 1.165) is 25.7 Å². The van der Waals surface area contributed by atoms with Crippen molar-refractivity contribution in [1.29, 1.82) is 5.26 Å². The number of aliphatic hydroxyl groups excluding tert-OH is 1. The topological polar surface area (TPSA) is 82.3 Å². The number of hydrogen-bond donors (Lipinski definition) is 2. The number of ether oxygens (including phenoxy) is 1. The third-order valence-corrected chi connectivity index (χ3v) is 2.77. The highest BCUT2D eigenvalue weighted by molar-refractivity contribution is 5.77. The molecule has 1 aromatic rings. The van der Waals surface area contributed by atoms with Crippen LogP contribution < -0.4 is 10.1 Å². The number of aliphatic hydroxyl groups is 1. The quantitative estimate of drug-likeness (QED) is 0.671. The summed E-state index contributed by atoms with van der Waals surface area (Å²) < 4.78 is 5.32. The Morgan fingerprint density at radius 3 is 2.75 bits per heavy atom. The lowest BCUT2D eigenvalue weighted by molar-refractivity contribution is -0.123. The first kappa shape index (κ1) is 16.0. The van der Waals surface area contributed by atoms with Crippen LogP contribution in [0.25, 0.3) is 0 Å². The number of para-hydroxylation sites is 1. The van der Waals surface area contributed by atoms with Crippen LogP contribution in [0, 0.1) is 11.3 Å². The van der Waals surface area contributed by atoms with Crippen molar-refractivity contribution < 1.29 is 14.6 Å². The summed E-state index contributed by atoms with van der Waals surface area (Å²) in [5, 5.41) is 20.3. The number of benzene rings is 1. The molecule has 0 aliphatic rings. The Morgan fingerprint density at radius 1 is 1.25 bits per heavy atom. The molecule has 20 heavy (non-hydrogen) atoms. The molecule has 0 fully saturated rings. The summed E-state index contributed by atoms with van der Waals surface area (Å²) in [6.07, 6.45) is 3.65. The normalized spacial score (nSPS) is 9.80. The maximum absolute atomic E-state index is 11.5. The van der Waals surface area contributed by atoms with Crippen LogP contribution in [-0.2, 0) is 4.79 Å². The first-order chi connectivity index (χ1) is 9.77. The SMILES string of the molecule is N#Cc1ccccc1OCC(=O)NCCCCCCO. The van der Waals surface area contributed by atoms with Crippen LogP contribution >= 0.6 is 0 Å².